The van der Waals surface area contributed by atoms with Crippen molar-refractivity contribution in [2.45, 2.75) is 55.8 Å². The molecule has 4 heteroatoms. The van der Waals surface area contributed by atoms with E-state index in [2.05, 4.69) is 17.2 Å². The van der Waals surface area contributed by atoms with Crippen LogP contribution in [-0.4, -0.2) is 22.2 Å². The van der Waals surface area contributed by atoms with Crippen LogP contribution in [0.25, 0.3) is 0 Å². The molecule has 0 aromatic carbocycles. The van der Waals surface area contributed by atoms with Gasteiger partial charge in [0.05, 0.1) is 10.3 Å². The van der Waals surface area contributed by atoms with Crippen molar-refractivity contribution >= 4 is 17.7 Å². The van der Waals surface area contributed by atoms with Crippen molar-refractivity contribution in [2.75, 3.05) is 0 Å². The van der Waals surface area contributed by atoms with E-state index in [1.807, 2.05) is 25.1 Å². The molecular formula is C15H22N2OS. The summed E-state index contributed by atoms with van der Waals surface area (Å²) in [6.07, 6.45) is 6.64. The molecule has 0 aliphatic heterocycles. The van der Waals surface area contributed by atoms with Gasteiger partial charge in [-0.2, -0.15) is 0 Å². The predicted octanol–water partition coefficient (Wildman–Crippen LogP) is 3.26. The number of thioether (sulfide) groups is 1. The van der Waals surface area contributed by atoms with Gasteiger partial charge in [0.1, 0.15) is 0 Å². The molecule has 1 amide bonds. The molecule has 1 N–H and O–H groups in total. The van der Waals surface area contributed by atoms with Crippen molar-refractivity contribution in [3.63, 3.8) is 0 Å². The van der Waals surface area contributed by atoms with Crippen LogP contribution in [0.2, 0.25) is 0 Å². The van der Waals surface area contributed by atoms with Crippen LogP contribution in [0.15, 0.2) is 29.4 Å². The third-order valence-corrected chi connectivity index (χ3v) is 4.79. The molecule has 0 bridgehead atoms. The fourth-order valence-corrected chi connectivity index (χ4v) is 3.30. The Morgan fingerprint density at radius 1 is 1.42 bits per heavy atom. The van der Waals surface area contributed by atoms with Crippen LogP contribution in [0, 0.1) is 5.92 Å². The smallest absolute Gasteiger partial charge is 0.233 e. The van der Waals surface area contributed by atoms with E-state index in [0.29, 0.717) is 12.0 Å². The highest BCUT2D eigenvalue weighted by atomic mass is 32.2. The van der Waals surface area contributed by atoms with Gasteiger partial charge in [-0.15, -0.1) is 0 Å². The molecule has 3 atom stereocenters. The minimum absolute atomic E-state index is 0.0935. The summed E-state index contributed by atoms with van der Waals surface area (Å²) in [5.74, 6) is 0.735. The Morgan fingerprint density at radius 3 is 2.89 bits per heavy atom. The highest BCUT2D eigenvalue weighted by Gasteiger charge is 2.25. The highest BCUT2D eigenvalue weighted by Crippen LogP contribution is 2.25. The number of nitrogens with one attached hydrogen (secondary N) is 1. The Labute approximate surface area is 119 Å². The zero-order valence-corrected chi connectivity index (χ0v) is 12.5. The lowest BCUT2D eigenvalue weighted by Gasteiger charge is -2.30. The van der Waals surface area contributed by atoms with Gasteiger partial charge in [0, 0.05) is 12.2 Å². The molecular weight excluding hydrogens is 256 g/mol. The molecule has 1 heterocycles. The third-order valence-electron chi connectivity index (χ3n) is 3.74. The Bertz CT molecular complexity index is 410. The summed E-state index contributed by atoms with van der Waals surface area (Å²) in [7, 11) is 0. The van der Waals surface area contributed by atoms with Crippen molar-refractivity contribution in [3.05, 3.63) is 24.4 Å². The van der Waals surface area contributed by atoms with Crippen LogP contribution < -0.4 is 5.32 Å². The van der Waals surface area contributed by atoms with Crippen LogP contribution >= 0.6 is 11.8 Å². The maximum Gasteiger partial charge on any atom is 0.233 e. The molecule has 1 aliphatic carbocycles. The summed E-state index contributed by atoms with van der Waals surface area (Å²) in [4.78, 5) is 16.4. The summed E-state index contributed by atoms with van der Waals surface area (Å²) >= 11 is 1.52. The molecule has 104 valence electrons. The van der Waals surface area contributed by atoms with Crippen molar-refractivity contribution in [2.24, 2.45) is 5.92 Å². The molecule has 1 saturated carbocycles. The topological polar surface area (TPSA) is 42.0 Å². The summed E-state index contributed by atoms with van der Waals surface area (Å²) in [6, 6.07) is 6.13. The van der Waals surface area contributed by atoms with E-state index in [4.69, 9.17) is 0 Å². The monoisotopic (exact) mass is 278 g/mol. The Morgan fingerprint density at radius 2 is 2.21 bits per heavy atom. The van der Waals surface area contributed by atoms with Gasteiger partial charge in [-0.05, 0) is 37.8 Å². The first kappa shape index (κ1) is 14.4. The number of aromatic nitrogens is 1. The molecule has 19 heavy (non-hydrogen) atoms. The molecule has 0 spiro atoms. The maximum absolute atomic E-state index is 12.2. The van der Waals surface area contributed by atoms with Crippen LogP contribution in [0.5, 0.6) is 0 Å². The standard InChI is InChI=1S/C15H22N2OS/c1-11-7-3-4-8-13(11)17-15(18)12(2)19-14-9-5-6-10-16-14/h5-6,9-13H,3-4,7-8H2,1-2H3,(H,17,18)/t11-,12+,13-/m1/s1. The molecule has 1 fully saturated rings. The van der Waals surface area contributed by atoms with Gasteiger partial charge < -0.3 is 5.32 Å². The summed E-state index contributed by atoms with van der Waals surface area (Å²) in [5.41, 5.74) is 0. The van der Waals surface area contributed by atoms with Crippen LogP contribution in [-0.2, 0) is 4.79 Å². The molecule has 2 rings (SSSR count). The van der Waals surface area contributed by atoms with E-state index in [1.54, 1.807) is 6.20 Å². The maximum atomic E-state index is 12.2. The van der Waals surface area contributed by atoms with E-state index in [-0.39, 0.29) is 11.2 Å². The predicted molar refractivity (Wildman–Crippen MR) is 79.1 cm³/mol. The highest BCUT2D eigenvalue weighted by molar-refractivity contribution is 8.00. The second-order valence-electron chi connectivity index (χ2n) is 5.30. The number of pyridine rings is 1. The van der Waals surface area contributed by atoms with Gasteiger partial charge in [-0.25, -0.2) is 4.98 Å². The van der Waals surface area contributed by atoms with E-state index in [0.717, 1.165) is 11.4 Å². The first-order valence-electron chi connectivity index (χ1n) is 7.05. The second-order valence-corrected chi connectivity index (χ2v) is 6.67. The van der Waals surface area contributed by atoms with E-state index < -0.39 is 0 Å². The molecule has 0 saturated heterocycles. The summed E-state index contributed by atoms with van der Waals surface area (Å²) in [6.45, 7) is 4.18. The van der Waals surface area contributed by atoms with Gasteiger partial charge in [0.15, 0.2) is 0 Å². The molecule has 0 unspecified atom stereocenters. The fraction of sp³-hybridized carbons (Fsp3) is 0.600. The number of nitrogens with zero attached hydrogens (tertiary/aromatic N) is 1. The lowest BCUT2D eigenvalue weighted by atomic mass is 9.86. The van der Waals surface area contributed by atoms with E-state index >= 15 is 0 Å². The second kappa shape index (κ2) is 6.94. The minimum Gasteiger partial charge on any atom is -0.352 e. The average molecular weight is 278 g/mol. The SMILES string of the molecule is C[C@H](Sc1ccccn1)C(=O)N[C@@H]1CCCC[C@H]1C. The lowest BCUT2D eigenvalue weighted by molar-refractivity contribution is -0.121. The van der Waals surface area contributed by atoms with E-state index in [9.17, 15) is 4.79 Å². The first-order valence-corrected chi connectivity index (χ1v) is 7.93. The summed E-state index contributed by atoms with van der Waals surface area (Å²) in [5, 5.41) is 4.01. The number of rotatable bonds is 4. The van der Waals surface area contributed by atoms with Gasteiger partial charge in [0.2, 0.25) is 5.91 Å². The number of hydrogen-bond donors (Lipinski definition) is 1. The summed E-state index contributed by atoms with van der Waals surface area (Å²) < 4.78 is 0. The number of carbonyl (C=O) groups is 1. The van der Waals surface area contributed by atoms with Crippen molar-refractivity contribution in [1.82, 2.24) is 10.3 Å². The third kappa shape index (κ3) is 4.23. The largest absolute Gasteiger partial charge is 0.352 e. The molecule has 1 aromatic rings. The van der Waals surface area contributed by atoms with Crippen molar-refractivity contribution in [1.29, 1.82) is 0 Å². The number of hydrogen-bond acceptors (Lipinski definition) is 3. The van der Waals surface area contributed by atoms with Gasteiger partial charge in [-0.1, -0.05) is 37.6 Å². The van der Waals surface area contributed by atoms with E-state index in [1.165, 1.54) is 31.0 Å². The lowest BCUT2D eigenvalue weighted by Crippen LogP contribution is -2.44. The average Bonchev–Trinajstić information content (AvgIpc) is 2.42. The van der Waals surface area contributed by atoms with Gasteiger partial charge >= 0.3 is 0 Å². The van der Waals surface area contributed by atoms with Crippen LogP contribution in [0.4, 0.5) is 0 Å². The molecule has 3 nitrogen and oxygen atoms in total. The molecule has 0 radical (unpaired) electrons. The Kier molecular flexibility index (Phi) is 5.25. The number of carbonyl (C=O) groups excluding carboxylic acids is 1. The molecule has 1 aromatic heterocycles. The molecule has 1 aliphatic rings. The van der Waals surface area contributed by atoms with Crippen LogP contribution in [0.1, 0.15) is 39.5 Å². The number of amides is 1. The first-order chi connectivity index (χ1) is 9.16. The van der Waals surface area contributed by atoms with Crippen LogP contribution in [0.3, 0.4) is 0 Å². The van der Waals surface area contributed by atoms with Gasteiger partial charge in [0.25, 0.3) is 0 Å². The minimum atomic E-state index is -0.0935. The Hall–Kier alpha value is -1.03. The quantitative estimate of drug-likeness (QED) is 0.860. The fourth-order valence-electron chi connectivity index (χ4n) is 2.48. The zero-order chi connectivity index (χ0) is 13.7. The van der Waals surface area contributed by atoms with Gasteiger partial charge in [-0.3, -0.25) is 4.79 Å². The Balaban J connectivity index is 1.85. The van der Waals surface area contributed by atoms with Crippen molar-refractivity contribution < 1.29 is 4.79 Å². The van der Waals surface area contributed by atoms with Crippen molar-refractivity contribution in [3.8, 4) is 0 Å². The zero-order valence-electron chi connectivity index (χ0n) is 11.6. The normalized spacial score (nSPS) is 24.7.